The van der Waals surface area contributed by atoms with Gasteiger partial charge in [-0.2, -0.15) is 0 Å². The van der Waals surface area contributed by atoms with E-state index in [0.717, 1.165) is 11.4 Å². The van der Waals surface area contributed by atoms with Crippen LogP contribution in [0.25, 0.3) is 0 Å². The lowest BCUT2D eigenvalue weighted by Gasteiger charge is -2.20. The Balaban J connectivity index is 2.25. The van der Waals surface area contributed by atoms with E-state index < -0.39 is 11.6 Å². The van der Waals surface area contributed by atoms with Crippen molar-refractivity contribution in [3.05, 3.63) is 58.9 Å². The predicted octanol–water partition coefficient (Wildman–Crippen LogP) is 2.76. The molecule has 0 amide bonds. The lowest BCUT2D eigenvalue weighted by atomic mass is 10.1. The first-order valence-corrected chi connectivity index (χ1v) is 6.33. The molecule has 0 atom stereocenters. The topological polar surface area (TPSA) is 42.1 Å². The van der Waals surface area contributed by atoms with Gasteiger partial charge in [0, 0.05) is 24.8 Å². The first kappa shape index (κ1) is 14.4. The summed E-state index contributed by atoms with van der Waals surface area (Å²) in [5, 5.41) is 0. The van der Waals surface area contributed by atoms with E-state index in [9.17, 15) is 8.78 Å². The maximum atomic E-state index is 14.0. The molecule has 0 fully saturated rings. The molecular formula is C15H17F2N3. The van der Waals surface area contributed by atoms with Crippen molar-refractivity contribution < 1.29 is 8.78 Å². The smallest absolute Gasteiger partial charge is 0.182 e. The van der Waals surface area contributed by atoms with Crippen molar-refractivity contribution in [1.29, 1.82) is 0 Å². The Morgan fingerprint density at radius 3 is 2.55 bits per heavy atom. The summed E-state index contributed by atoms with van der Waals surface area (Å²) >= 11 is 0. The van der Waals surface area contributed by atoms with Crippen LogP contribution >= 0.6 is 0 Å². The molecule has 0 spiro atoms. The molecule has 1 aromatic carbocycles. The van der Waals surface area contributed by atoms with Crippen molar-refractivity contribution in [2.45, 2.75) is 20.0 Å². The molecule has 0 aliphatic heterocycles. The van der Waals surface area contributed by atoms with E-state index in [0.29, 0.717) is 6.54 Å². The lowest BCUT2D eigenvalue weighted by Crippen LogP contribution is -2.19. The summed E-state index contributed by atoms with van der Waals surface area (Å²) in [6.45, 7) is 2.27. The van der Waals surface area contributed by atoms with Crippen LogP contribution in [0.5, 0.6) is 0 Å². The van der Waals surface area contributed by atoms with Gasteiger partial charge in [0.2, 0.25) is 0 Å². The van der Waals surface area contributed by atoms with E-state index in [4.69, 9.17) is 5.73 Å². The molecule has 1 heterocycles. The van der Waals surface area contributed by atoms with Gasteiger partial charge in [0.05, 0.1) is 17.9 Å². The molecule has 0 unspecified atom stereocenters. The van der Waals surface area contributed by atoms with Crippen LogP contribution in [0.3, 0.4) is 0 Å². The highest BCUT2D eigenvalue weighted by Crippen LogP contribution is 2.24. The van der Waals surface area contributed by atoms with Crippen LogP contribution in [-0.2, 0) is 13.1 Å². The molecule has 20 heavy (non-hydrogen) atoms. The fourth-order valence-corrected chi connectivity index (χ4v) is 2.05. The van der Waals surface area contributed by atoms with Gasteiger partial charge in [0.25, 0.3) is 0 Å². The molecular weight excluding hydrogens is 260 g/mol. The zero-order chi connectivity index (χ0) is 14.7. The van der Waals surface area contributed by atoms with Crippen LogP contribution in [-0.4, -0.2) is 12.0 Å². The molecule has 2 rings (SSSR count). The molecule has 0 aliphatic rings. The molecule has 0 saturated carbocycles. The van der Waals surface area contributed by atoms with E-state index >= 15 is 0 Å². The first-order chi connectivity index (χ1) is 9.52. The van der Waals surface area contributed by atoms with Crippen molar-refractivity contribution in [3.63, 3.8) is 0 Å². The summed E-state index contributed by atoms with van der Waals surface area (Å²) in [5.41, 5.74) is 7.42. The number of benzene rings is 1. The van der Waals surface area contributed by atoms with Crippen molar-refractivity contribution in [2.75, 3.05) is 11.9 Å². The van der Waals surface area contributed by atoms with Crippen molar-refractivity contribution in [3.8, 4) is 0 Å². The van der Waals surface area contributed by atoms with E-state index in [1.807, 2.05) is 25.1 Å². The van der Waals surface area contributed by atoms with Gasteiger partial charge in [0.15, 0.2) is 11.6 Å². The number of rotatable bonds is 4. The quantitative estimate of drug-likeness (QED) is 0.934. The first-order valence-electron chi connectivity index (χ1n) is 6.33. The van der Waals surface area contributed by atoms with E-state index in [1.54, 1.807) is 11.9 Å². The standard InChI is InChI=1S/C15H17F2N3/c1-10-4-3-5-12(19-10)9-20(2)13-7-6-11(8-18)14(16)15(13)17/h3-7H,8-9,18H2,1-2H3. The third-order valence-electron chi connectivity index (χ3n) is 3.12. The second-order valence-electron chi connectivity index (χ2n) is 4.70. The second-order valence-corrected chi connectivity index (χ2v) is 4.70. The molecule has 0 saturated heterocycles. The number of hydrogen-bond donors (Lipinski definition) is 1. The monoisotopic (exact) mass is 277 g/mol. The largest absolute Gasteiger partial charge is 0.366 e. The number of hydrogen-bond acceptors (Lipinski definition) is 3. The summed E-state index contributed by atoms with van der Waals surface area (Å²) in [6, 6.07) is 8.68. The molecule has 3 nitrogen and oxygen atoms in total. The molecule has 0 aliphatic carbocycles. The maximum Gasteiger partial charge on any atom is 0.182 e. The van der Waals surface area contributed by atoms with Gasteiger partial charge in [-0.05, 0) is 25.1 Å². The zero-order valence-corrected chi connectivity index (χ0v) is 11.5. The van der Waals surface area contributed by atoms with Crippen molar-refractivity contribution >= 4 is 5.69 Å². The van der Waals surface area contributed by atoms with E-state index in [1.165, 1.54) is 12.1 Å². The Bertz CT molecular complexity index is 614. The molecule has 1 aromatic heterocycles. The Morgan fingerprint density at radius 2 is 1.90 bits per heavy atom. The highest BCUT2D eigenvalue weighted by molar-refractivity contribution is 5.49. The maximum absolute atomic E-state index is 14.0. The predicted molar refractivity (Wildman–Crippen MR) is 75.3 cm³/mol. The average molecular weight is 277 g/mol. The minimum atomic E-state index is -0.881. The summed E-state index contributed by atoms with van der Waals surface area (Å²) in [5.74, 6) is -1.75. The van der Waals surface area contributed by atoms with E-state index in [-0.39, 0.29) is 17.8 Å². The number of pyridine rings is 1. The summed E-state index contributed by atoms with van der Waals surface area (Å²) in [4.78, 5) is 5.97. The highest BCUT2D eigenvalue weighted by atomic mass is 19.2. The van der Waals surface area contributed by atoms with Gasteiger partial charge in [-0.1, -0.05) is 12.1 Å². The summed E-state index contributed by atoms with van der Waals surface area (Å²) < 4.78 is 27.7. The Labute approximate surface area is 117 Å². The van der Waals surface area contributed by atoms with Gasteiger partial charge < -0.3 is 10.6 Å². The van der Waals surface area contributed by atoms with Crippen LogP contribution in [0.4, 0.5) is 14.5 Å². The number of halogens is 2. The number of aromatic nitrogens is 1. The van der Waals surface area contributed by atoms with Gasteiger partial charge >= 0.3 is 0 Å². The van der Waals surface area contributed by atoms with E-state index in [2.05, 4.69) is 4.98 Å². The molecule has 2 aromatic rings. The fraction of sp³-hybridized carbons (Fsp3) is 0.267. The number of nitrogens with two attached hydrogens (primary N) is 1. The third kappa shape index (κ3) is 2.93. The van der Waals surface area contributed by atoms with Crippen LogP contribution in [0.15, 0.2) is 30.3 Å². The molecule has 0 bridgehead atoms. The SMILES string of the molecule is Cc1cccc(CN(C)c2ccc(CN)c(F)c2F)n1. The minimum Gasteiger partial charge on any atom is -0.366 e. The number of nitrogens with zero attached hydrogens (tertiary/aromatic N) is 2. The van der Waals surface area contributed by atoms with Gasteiger partial charge in [-0.25, -0.2) is 8.78 Å². The highest BCUT2D eigenvalue weighted by Gasteiger charge is 2.15. The van der Waals surface area contributed by atoms with Gasteiger partial charge in [-0.15, -0.1) is 0 Å². The van der Waals surface area contributed by atoms with Crippen molar-refractivity contribution in [1.82, 2.24) is 4.98 Å². The molecule has 2 N–H and O–H groups in total. The number of anilines is 1. The number of aryl methyl sites for hydroxylation is 1. The normalized spacial score (nSPS) is 10.7. The second kappa shape index (κ2) is 5.96. The summed E-state index contributed by atoms with van der Waals surface area (Å²) in [6.07, 6.45) is 0. The molecule has 106 valence electrons. The molecule has 5 heteroatoms. The zero-order valence-electron chi connectivity index (χ0n) is 11.5. The van der Waals surface area contributed by atoms with Crippen molar-refractivity contribution in [2.24, 2.45) is 5.73 Å². The third-order valence-corrected chi connectivity index (χ3v) is 3.12. The Kier molecular flexibility index (Phi) is 4.29. The fourth-order valence-electron chi connectivity index (χ4n) is 2.05. The average Bonchev–Trinajstić information content (AvgIpc) is 2.41. The van der Waals surface area contributed by atoms with Crippen LogP contribution in [0.1, 0.15) is 17.0 Å². The van der Waals surface area contributed by atoms with Crippen LogP contribution in [0, 0.1) is 18.6 Å². The van der Waals surface area contributed by atoms with Crippen LogP contribution < -0.4 is 10.6 Å². The minimum absolute atomic E-state index is 0.0216. The van der Waals surface area contributed by atoms with Crippen LogP contribution in [0.2, 0.25) is 0 Å². The Hall–Kier alpha value is -2.01. The van der Waals surface area contributed by atoms with Gasteiger partial charge in [-0.3, -0.25) is 4.98 Å². The Morgan fingerprint density at radius 1 is 1.15 bits per heavy atom. The lowest BCUT2D eigenvalue weighted by molar-refractivity contribution is 0.498. The summed E-state index contributed by atoms with van der Waals surface area (Å²) in [7, 11) is 1.70. The molecule has 0 radical (unpaired) electrons. The van der Waals surface area contributed by atoms with Gasteiger partial charge in [0.1, 0.15) is 0 Å².